The molecule has 15 heavy (non-hydrogen) atoms. The minimum atomic E-state index is -0.403. The first-order valence-corrected chi connectivity index (χ1v) is 6.39. The van der Waals surface area contributed by atoms with E-state index in [1.165, 1.54) is 25.7 Å². The molecule has 0 aromatic carbocycles. The first kappa shape index (κ1) is 11.4. The third-order valence-electron chi connectivity index (χ3n) is 4.03. The first-order valence-electron chi connectivity index (χ1n) is 6.39. The third kappa shape index (κ3) is 3.16. The highest BCUT2D eigenvalue weighted by atomic mass is 16.3. The van der Waals surface area contributed by atoms with Crippen LogP contribution in [-0.4, -0.2) is 29.3 Å². The van der Waals surface area contributed by atoms with Crippen LogP contribution in [0.15, 0.2) is 0 Å². The van der Waals surface area contributed by atoms with Crippen LogP contribution in [0.5, 0.6) is 0 Å². The van der Waals surface area contributed by atoms with Crippen molar-refractivity contribution in [2.45, 2.75) is 69.1 Å². The predicted molar refractivity (Wildman–Crippen MR) is 61.7 cm³/mol. The Morgan fingerprint density at radius 2 is 1.73 bits per heavy atom. The van der Waals surface area contributed by atoms with Crippen LogP contribution >= 0.6 is 0 Å². The summed E-state index contributed by atoms with van der Waals surface area (Å²) < 4.78 is 0. The first-order chi connectivity index (χ1) is 7.18. The standard InChI is InChI=1S/C12H24N2O/c13-10-3-5-11(6-4-10)14-9-12(15)7-1-2-8-12/h10-11,14-15H,1-9,13H2. The van der Waals surface area contributed by atoms with Crippen LogP contribution in [0, 0.1) is 0 Å². The summed E-state index contributed by atoms with van der Waals surface area (Å²) in [6.07, 6.45) is 8.96. The highest BCUT2D eigenvalue weighted by Crippen LogP contribution is 2.29. The third-order valence-corrected chi connectivity index (χ3v) is 4.03. The second-order valence-electron chi connectivity index (χ2n) is 5.42. The van der Waals surface area contributed by atoms with Crippen LogP contribution in [-0.2, 0) is 0 Å². The van der Waals surface area contributed by atoms with Gasteiger partial charge in [-0.3, -0.25) is 0 Å². The summed E-state index contributed by atoms with van der Waals surface area (Å²) in [6, 6.07) is 1.01. The van der Waals surface area contributed by atoms with Crippen molar-refractivity contribution in [1.29, 1.82) is 0 Å². The molecule has 0 radical (unpaired) electrons. The Kier molecular flexibility index (Phi) is 3.65. The van der Waals surface area contributed by atoms with Crippen molar-refractivity contribution in [2.75, 3.05) is 6.54 Å². The molecular weight excluding hydrogens is 188 g/mol. The summed E-state index contributed by atoms with van der Waals surface area (Å²) in [5, 5.41) is 13.7. The molecule has 3 heteroatoms. The Hall–Kier alpha value is -0.120. The van der Waals surface area contributed by atoms with E-state index in [0.717, 1.165) is 32.2 Å². The van der Waals surface area contributed by atoms with Crippen molar-refractivity contribution >= 4 is 0 Å². The van der Waals surface area contributed by atoms with E-state index in [2.05, 4.69) is 5.32 Å². The lowest BCUT2D eigenvalue weighted by Crippen LogP contribution is -2.45. The van der Waals surface area contributed by atoms with E-state index >= 15 is 0 Å². The summed E-state index contributed by atoms with van der Waals surface area (Å²) in [6.45, 7) is 0.785. The van der Waals surface area contributed by atoms with Crippen molar-refractivity contribution in [2.24, 2.45) is 5.73 Å². The summed E-state index contributed by atoms with van der Waals surface area (Å²) in [5.74, 6) is 0. The summed E-state index contributed by atoms with van der Waals surface area (Å²) in [7, 11) is 0. The van der Waals surface area contributed by atoms with E-state index in [9.17, 15) is 5.11 Å². The minimum Gasteiger partial charge on any atom is -0.389 e. The van der Waals surface area contributed by atoms with Gasteiger partial charge in [0.25, 0.3) is 0 Å². The van der Waals surface area contributed by atoms with Gasteiger partial charge < -0.3 is 16.2 Å². The van der Waals surface area contributed by atoms with Crippen LogP contribution in [0.25, 0.3) is 0 Å². The lowest BCUT2D eigenvalue weighted by Gasteiger charge is -2.30. The zero-order chi connectivity index (χ0) is 10.7. The predicted octanol–water partition coefficient (Wildman–Crippen LogP) is 1.15. The number of hydrogen-bond acceptors (Lipinski definition) is 3. The lowest BCUT2D eigenvalue weighted by atomic mass is 9.91. The molecule has 0 bridgehead atoms. The summed E-state index contributed by atoms with van der Waals surface area (Å²) in [4.78, 5) is 0. The number of hydrogen-bond donors (Lipinski definition) is 3. The fourth-order valence-electron chi connectivity index (χ4n) is 2.87. The molecule has 88 valence electrons. The van der Waals surface area contributed by atoms with Crippen LogP contribution in [0.2, 0.25) is 0 Å². The van der Waals surface area contributed by atoms with Gasteiger partial charge in [0.2, 0.25) is 0 Å². The number of nitrogens with one attached hydrogen (secondary N) is 1. The average molecular weight is 212 g/mol. The Morgan fingerprint density at radius 3 is 2.33 bits per heavy atom. The second kappa shape index (κ2) is 4.81. The molecule has 0 aromatic rings. The van der Waals surface area contributed by atoms with E-state index in [4.69, 9.17) is 5.73 Å². The van der Waals surface area contributed by atoms with Crippen molar-refractivity contribution in [3.8, 4) is 0 Å². The maximum atomic E-state index is 10.2. The van der Waals surface area contributed by atoms with Gasteiger partial charge in [-0.1, -0.05) is 12.8 Å². The molecule has 0 atom stereocenters. The molecule has 0 saturated heterocycles. The average Bonchev–Trinajstić information content (AvgIpc) is 2.65. The molecule has 0 amide bonds. The highest BCUT2D eigenvalue weighted by molar-refractivity contribution is 4.88. The number of rotatable bonds is 3. The maximum Gasteiger partial charge on any atom is 0.0771 e. The Labute approximate surface area is 92.4 Å². The van der Waals surface area contributed by atoms with Gasteiger partial charge in [-0.15, -0.1) is 0 Å². The topological polar surface area (TPSA) is 58.3 Å². The van der Waals surface area contributed by atoms with Crippen molar-refractivity contribution in [3.05, 3.63) is 0 Å². The molecule has 0 heterocycles. The van der Waals surface area contributed by atoms with Gasteiger partial charge in [0.15, 0.2) is 0 Å². The largest absolute Gasteiger partial charge is 0.389 e. The van der Waals surface area contributed by atoms with Crippen LogP contribution in [0.3, 0.4) is 0 Å². The van der Waals surface area contributed by atoms with Gasteiger partial charge in [-0.25, -0.2) is 0 Å². The quantitative estimate of drug-likeness (QED) is 0.658. The summed E-state index contributed by atoms with van der Waals surface area (Å²) in [5.41, 5.74) is 5.46. The monoisotopic (exact) mass is 212 g/mol. The molecule has 4 N–H and O–H groups in total. The van der Waals surface area contributed by atoms with E-state index in [-0.39, 0.29) is 0 Å². The van der Waals surface area contributed by atoms with Crippen molar-refractivity contribution in [3.63, 3.8) is 0 Å². The SMILES string of the molecule is NC1CCC(NCC2(O)CCCC2)CC1. The minimum absolute atomic E-state index is 0.403. The van der Waals surface area contributed by atoms with E-state index in [1.54, 1.807) is 0 Å². The molecule has 3 nitrogen and oxygen atoms in total. The zero-order valence-electron chi connectivity index (χ0n) is 9.54. The molecule has 2 aliphatic rings. The Morgan fingerprint density at radius 1 is 1.13 bits per heavy atom. The molecule has 0 aromatic heterocycles. The molecule has 2 rings (SSSR count). The van der Waals surface area contributed by atoms with Gasteiger partial charge in [-0.2, -0.15) is 0 Å². The number of nitrogens with two attached hydrogens (primary N) is 1. The fourth-order valence-corrected chi connectivity index (χ4v) is 2.87. The van der Waals surface area contributed by atoms with Crippen LogP contribution < -0.4 is 11.1 Å². The van der Waals surface area contributed by atoms with Crippen LogP contribution in [0.1, 0.15) is 51.4 Å². The van der Waals surface area contributed by atoms with Gasteiger partial charge in [-0.05, 0) is 38.5 Å². The number of aliphatic hydroxyl groups is 1. The summed E-state index contributed by atoms with van der Waals surface area (Å²) >= 11 is 0. The van der Waals surface area contributed by atoms with Gasteiger partial charge >= 0.3 is 0 Å². The second-order valence-corrected chi connectivity index (χ2v) is 5.42. The maximum absolute atomic E-state index is 10.2. The molecule has 0 aliphatic heterocycles. The lowest BCUT2D eigenvalue weighted by molar-refractivity contribution is 0.0432. The zero-order valence-corrected chi connectivity index (χ0v) is 9.54. The highest BCUT2D eigenvalue weighted by Gasteiger charge is 2.31. The van der Waals surface area contributed by atoms with E-state index in [1.807, 2.05) is 0 Å². The molecule has 2 fully saturated rings. The molecule has 2 saturated carbocycles. The van der Waals surface area contributed by atoms with Gasteiger partial charge in [0.1, 0.15) is 0 Å². The molecular formula is C12H24N2O. The fraction of sp³-hybridized carbons (Fsp3) is 1.00. The van der Waals surface area contributed by atoms with E-state index in [0.29, 0.717) is 12.1 Å². The molecule has 2 aliphatic carbocycles. The van der Waals surface area contributed by atoms with Gasteiger partial charge in [0.05, 0.1) is 5.60 Å². The van der Waals surface area contributed by atoms with E-state index < -0.39 is 5.60 Å². The van der Waals surface area contributed by atoms with Crippen molar-refractivity contribution < 1.29 is 5.11 Å². The van der Waals surface area contributed by atoms with Crippen molar-refractivity contribution in [1.82, 2.24) is 5.32 Å². The van der Waals surface area contributed by atoms with Gasteiger partial charge in [0, 0.05) is 18.6 Å². The molecule has 0 spiro atoms. The Balaban J connectivity index is 1.69. The Bertz CT molecular complexity index is 194. The smallest absolute Gasteiger partial charge is 0.0771 e. The normalized spacial score (nSPS) is 35.6. The van der Waals surface area contributed by atoms with Crippen LogP contribution in [0.4, 0.5) is 0 Å². The molecule has 0 unspecified atom stereocenters.